The number of hydrogen-bond donors (Lipinski definition) is 2. The van der Waals surface area contributed by atoms with Crippen LogP contribution in [0, 0.1) is 0 Å². The Hall–Kier alpha value is -0.810. The molecule has 1 amide bonds. The summed E-state index contributed by atoms with van der Waals surface area (Å²) >= 11 is 0. The van der Waals surface area contributed by atoms with E-state index in [0.717, 1.165) is 38.8 Å². The first kappa shape index (κ1) is 11.7. The summed E-state index contributed by atoms with van der Waals surface area (Å²) in [4.78, 5) is 11.6. The fourth-order valence-electron chi connectivity index (χ4n) is 2.11. The van der Waals surface area contributed by atoms with E-state index >= 15 is 0 Å². The molecule has 0 bridgehead atoms. The van der Waals surface area contributed by atoms with Gasteiger partial charge in [-0.2, -0.15) is 0 Å². The predicted molar refractivity (Wildman–Crippen MR) is 59.3 cm³/mol. The molecule has 0 aromatic heterocycles. The standard InChI is InChI=1S/C11H20N2O3/c14-11(13-9-1-5-12-6-2-9)16-10-3-7-15-8-4-10/h9-10,12H,1-8H2,(H,13,14). The molecule has 2 aliphatic rings. The molecule has 16 heavy (non-hydrogen) atoms. The van der Waals surface area contributed by atoms with Crippen molar-refractivity contribution in [2.45, 2.75) is 37.8 Å². The number of piperidine rings is 1. The Labute approximate surface area is 95.9 Å². The first-order valence-electron chi connectivity index (χ1n) is 6.10. The Morgan fingerprint density at radius 3 is 2.56 bits per heavy atom. The maximum atomic E-state index is 11.6. The van der Waals surface area contributed by atoms with Gasteiger partial charge in [-0.25, -0.2) is 4.79 Å². The normalized spacial score (nSPS) is 24.0. The van der Waals surface area contributed by atoms with Gasteiger partial charge in [-0.05, 0) is 25.9 Å². The van der Waals surface area contributed by atoms with Crippen molar-refractivity contribution in [1.29, 1.82) is 0 Å². The van der Waals surface area contributed by atoms with Crippen LogP contribution in [0.25, 0.3) is 0 Å². The highest BCUT2D eigenvalue weighted by Crippen LogP contribution is 2.11. The van der Waals surface area contributed by atoms with Crippen LogP contribution in [0.2, 0.25) is 0 Å². The van der Waals surface area contributed by atoms with E-state index in [4.69, 9.17) is 9.47 Å². The number of alkyl carbamates (subject to hydrolysis) is 1. The van der Waals surface area contributed by atoms with Gasteiger partial charge in [-0.1, -0.05) is 0 Å². The second-order valence-electron chi connectivity index (χ2n) is 4.39. The molecule has 2 rings (SSSR count). The molecule has 5 nitrogen and oxygen atoms in total. The minimum atomic E-state index is -0.265. The van der Waals surface area contributed by atoms with E-state index in [9.17, 15) is 4.79 Å². The van der Waals surface area contributed by atoms with E-state index in [1.165, 1.54) is 0 Å². The number of nitrogens with one attached hydrogen (secondary N) is 2. The maximum Gasteiger partial charge on any atom is 0.407 e. The third-order valence-corrected chi connectivity index (χ3v) is 3.10. The van der Waals surface area contributed by atoms with E-state index in [1.54, 1.807) is 0 Å². The highest BCUT2D eigenvalue weighted by Gasteiger charge is 2.20. The first-order valence-corrected chi connectivity index (χ1v) is 6.10. The Kier molecular flexibility index (Phi) is 4.42. The van der Waals surface area contributed by atoms with Crippen LogP contribution in [0.5, 0.6) is 0 Å². The van der Waals surface area contributed by atoms with Gasteiger partial charge in [0.2, 0.25) is 0 Å². The van der Waals surface area contributed by atoms with Gasteiger partial charge < -0.3 is 20.1 Å². The molecular weight excluding hydrogens is 208 g/mol. The lowest BCUT2D eigenvalue weighted by molar-refractivity contribution is 0.000544. The predicted octanol–water partition coefficient (Wildman–Crippen LogP) is 0.644. The second-order valence-corrected chi connectivity index (χ2v) is 4.39. The van der Waals surface area contributed by atoms with Crippen molar-refractivity contribution >= 4 is 6.09 Å². The van der Waals surface area contributed by atoms with Crippen molar-refractivity contribution in [3.63, 3.8) is 0 Å². The molecule has 2 fully saturated rings. The summed E-state index contributed by atoms with van der Waals surface area (Å²) in [5, 5.41) is 6.18. The average molecular weight is 228 g/mol. The zero-order valence-corrected chi connectivity index (χ0v) is 9.54. The largest absolute Gasteiger partial charge is 0.446 e. The van der Waals surface area contributed by atoms with Crippen molar-refractivity contribution in [2.75, 3.05) is 26.3 Å². The van der Waals surface area contributed by atoms with Gasteiger partial charge in [0.1, 0.15) is 6.10 Å². The third kappa shape index (κ3) is 3.64. The van der Waals surface area contributed by atoms with Crippen molar-refractivity contribution in [1.82, 2.24) is 10.6 Å². The molecule has 2 heterocycles. The summed E-state index contributed by atoms with van der Waals surface area (Å²) in [7, 11) is 0. The molecule has 2 aliphatic heterocycles. The Bertz CT molecular complexity index is 201. The van der Waals surface area contributed by atoms with E-state index < -0.39 is 0 Å². The lowest BCUT2D eigenvalue weighted by Crippen LogP contribution is -2.44. The van der Waals surface area contributed by atoms with Crippen molar-refractivity contribution in [2.24, 2.45) is 0 Å². The molecule has 92 valence electrons. The molecule has 0 atom stereocenters. The smallest absolute Gasteiger partial charge is 0.407 e. The Balaban J connectivity index is 1.66. The molecule has 2 N–H and O–H groups in total. The summed E-state index contributed by atoms with van der Waals surface area (Å²) in [5.41, 5.74) is 0. The Morgan fingerprint density at radius 1 is 1.19 bits per heavy atom. The van der Waals surface area contributed by atoms with E-state index in [1.807, 2.05) is 0 Å². The quantitative estimate of drug-likeness (QED) is 0.728. The van der Waals surface area contributed by atoms with Crippen LogP contribution in [-0.4, -0.2) is 44.5 Å². The van der Waals surface area contributed by atoms with Crippen LogP contribution >= 0.6 is 0 Å². The molecule has 5 heteroatoms. The minimum Gasteiger partial charge on any atom is -0.446 e. The van der Waals surface area contributed by atoms with E-state index in [-0.39, 0.29) is 18.2 Å². The molecule has 0 spiro atoms. The zero-order valence-electron chi connectivity index (χ0n) is 9.54. The highest BCUT2D eigenvalue weighted by atomic mass is 16.6. The fraction of sp³-hybridized carbons (Fsp3) is 0.909. The topological polar surface area (TPSA) is 59.6 Å². The molecule has 2 saturated heterocycles. The molecule has 0 aromatic rings. The number of carbonyl (C=O) groups excluding carboxylic acids is 1. The van der Waals surface area contributed by atoms with Crippen molar-refractivity contribution < 1.29 is 14.3 Å². The van der Waals surface area contributed by atoms with E-state index in [2.05, 4.69) is 10.6 Å². The molecule has 0 aromatic carbocycles. The first-order chi connectivity index (χ1) is 7.84. The monoisotopic (exact) mass is 228 g/mol. The van der Waals surface area contributed by atoms with Crippen LogP contribution in [0.4, 0.5) is 4.79 Å². The number of amides is 1. The number of rotatable bonds is 2. The summed E-state index contributed by atoms with van der Waals surface area (Å²) < 4.78 is 10.6. The maximum absolute atomic E-state index is 11.6. The molecule has 0 saturated carbocycles. The molecule has 0 aliphatic carbocycles. The number of hydrogen-bond acceptors (Lipinski definition) is 4. The molecule has 0 unspecified atom stereocenters. The fourth-order valence-corrected chi connectivity index (χ4v) is 2.11. The summed E-state index contributed by atoms with van der Waals surface area (Å²) in [6.45, 7) is 3.35. The van der Waals surface area contributed by atoms with Crippen LogP contribution in [0.3, 0.4) is 0 Å². The lowest BCUT2D eigenvalue weighted by Gasteiger charge is -2.26. The second kappa shape index (κ2) is 6.06. The Morgan fingerprint density at radius 2 is 1.88 bits per heavy atom. The minimum absolute atomic E-state index is 0.0375. The van der Waals surface area contributed by atoms with Crippen molar-refractivity contribution in [3.05, 3.63) is 0 Å². The van der Waals surface area contributed by atoms with Gasteiger partial charge in [0, 0.05) is 18.9 Å². The highest BCUT2D eigenvalue weighted by molar-refractivity contribution is 5.67. The van der Waals surface area contributed by atoms with Gasteiger partial charge in [0.15, 0.2) is 0 Å². The van der Waals surface area contributed by atoms with Crippen LogP contribution in [-0.2, 0) is 9.47 Å². The van der Waals surface area contributed by atoms with Crippen LogP contribution in [0.1, 0.15) is 25.7 Å². The van der Waals surface area contributed by atoms with Gasteiger partial charge in [0.05, 0.1) is 13.2 Å². The van der Waals surface area contributed by atoms with Gasteiger partial charge in [0.25, 0.3) is 0 Å². The third-order valence-electron chi connectivity index (χ3n) is 3.10. The zero-order chi connectivity index (χ0) is 11.2. The SMILES string of the molecule is O=C(NC1CCNCC1)OC1CCOCC1. The summed E-state index contributed by atoms with van der Waals surface area (Å²) in [6.07, 6.45) is 3.39. The number of ether oxygens (including phenoxy) is 2. The van der Waals surface area contributed by atoms with Crippen LogP contribution in [0.15, 0.2) is 0 Å². The lowest BCUT2D eigenvalue weighted by atomic mass is 10.1. The van der Waals surface area contributed by atoms with Crippen LogP contribution < -0.4 is 10.6 Å². The average Bonchev–Trinajstić information content (AvgIpc) is 2.31. The van der Waals surface area contributed by atoms with Gasteiger partial charge in [-0.3, -0.25) is 0 Å². The number of carbonyl (C=O) groups is 1. The summed E-state index contributed by atoms with van der Waals surface area (Å²) in [5.74, 6) is 0. The molecular formula is C11H20N2O3. The molecule has 0 radical (unpaired) electrons. The van der Waals surface area contributed by atoms with E-state index in [0.29, 0.717) is 13.2 Å². The van der Waals surface area contributed by atoms with Gasteiger partial charge in [-0.15, -0.1) is 0 Å². The van der Waals surface area contributed by atoms with Crippen molar-refractivity contribution in [3.8, 4) is 0 Å². The summed E-state index contributed by atoms with van der Waals surface area (Å²) in [6, 6.07) is 0.272. The van der Waals surface area contributed by atoms with Gasteiger partial charge >= 0.3 is 6.09 Å².